The maximum atomic E-state index is 13.7. The average Bonchev–Trinajstić information content (AvgIpc) is 2.36. The van der Waals surface area contributed by atoms with Crippen LogP contribution in [0.25, 0.3) is 10.8 Å². The minimum atomic E-state index is -0.717. The number of carbonyl (C=O) groups is 1. The predicted molar refractivity (Wildman–Crippen MR) is 69.9 cm³/mol. The Labute approximate surface area is 115 Å². The molecule has 100 valence electrons. The van der Waals surface area contributed by atoms with E-state index in [9.17, 15) is 13.6 Å². The second-order valence-electron chi connectivity index (χ2n) is 3.69. The number of rotatable bonds is 3. The lowest BCUT2D eigenvalue weighted by Gasteiger charge is -2.10. The van der Waals surface area contributed by atoms with Crippen molar-refractivity contribution in [1.29, 1.82) is 0 Å². The van der Waals surface area contributed by atoms with Crippen molar-refractivity contribution < 1.29 is 18.3 Å². The molecule has 0 unspecified atom stereocenters. The summed E-state index contributed by atoms with van der Waals surface area (Å²) in [6.45, 7) is -0.141. The summed E-state index contributed by atoms with van der Waals surface area (Å²) in [7, 11) is 1.25. The fourth-order valence-corrected chi connectivity index (χ4v) is 2.13. The molecule has 0 amide bonds. The maximum absolute atomic E-state index is 13.7. The number of carbonyl (C=O) groups excluding carboxylic acids is 1. The summed E-state index contributed by atoms with van der Waals surface area (Å²) in [5.41, 5.74) is 0. The Morgan fingerprint density at radius 3 is 2.89 bits per heavy atom. The van der Waals surface area contributed by atoms with Gasteiger partial charge in [0.2, 0.25) is 0 Å². The largest absolute Gasteiger partial charge is 0.468 e. The van der Waals surface area contributed by atoms with Gasteiger partial charge in [0.1, 0.15) is 24.0 Å². The topological polar surface area (TPSA) is 51.2 Å². The second-order valence-corrected chi connectivity index (χ2v) is 4.55. The first kappa shape index (κ1) is 13.7. The van der Waals surface area contributed by atoms with Gasteiger partial charge in [-0.05, 0) is 22.0 Å². The van der Waals surface area contributed by atoms with Crippen LogP contribution in [0.4, 0.5) is 14.6 Å². The number of halogens is 3. The van der Waals surface area contributed by atoms with E-state index >= 15 is 0 Å². The third kappa shape index (κ3) is 2.81. The van der Waals surface area contributed by atoms with Gasteiger partial charge in [0, 0.05) is 27.5 Å². The number of anilines is 1. The molecule has 7 heteroatoms. The van der Waals surface area contributed by atoms with E-state index in [1.54, 1.807) is 0 Å². The van der Waals surface area contributed by atoms with E-state index in [2.05, 4.69) is 31.0 Å². The molecule has 1 aromatic heterocycles. The predicted octanol–water partition coefficient (Wildman–Crippen LogP) is 2.86. The van der Waals surface area contributed by atoms with Crippen LogP contribution in [0.15, 0.2) is 22.8 Å². The monoisotopic (exact) mass is 330 g/mol. The van der Waals surface area contributed by atoms with Gasteiger partial charge in [-0.1, -0.05) is 0 Å². The van der Waals surface area contributed by atoms with E-state index in [4.69, 9.17) is 0 Å². The molecule has 0 atom stereocenters. The highest BCUT2D eigenvalue weighted by molar-refractivity contribution is 9.10. The van der Waals surface area contributed by atoms with Gasteiger partial charge in [0.25, 0.3) is 0 Å². The molecule has 1 heterocycles. The Kier molecular flexibility index (Phi) is 3.94. The number of benzene rings is 1. The summed E-state index contributed by atoms with van der Waals surface area (Å²) in [4.78, 5) is 15.0. The lowest BCUT2D eigenvalue weighted by Crippen LogP contribution is -2.16. The summed E-state index contributed by atoms with van der Waals surface area (Å²) < 4.78 is 31.9. The van der Waals surface area contributed by atoms with E-state index < -0.39 is 17.6 Å². The number of hydrogen-bond acceptors (Lipinski definition) is 4. The maximum Gasteiger partial charge on any atom is 0.325 e. The molecule has 4 nitrogen and oxygen atoms in total. The van der Waals surface area contributed by atoms with Crippen LogP contribution in [-0.2, 0) is 9.53 Å². The zero-order valence-corrected chi connectivity index (χ0v) is 11.4. The molecular formula is C12H9BrF2N2O2. The molecule has 2 aromatic rings. The Hall–Kier alpha value is -1.76. The number of nitrogens with one attached hydrogen (secondary N) is 1. The first-order chi connectivity index (χ1) is 9.02. The lowest BCUT2D eigenvalue weighted by atomic mass is 10.1. The summed E-state index contributed by atoms with van der Waals surface area (Å²) in [6.07, 6.45) is 1.38. The fraction of sp³-hybridized carbons (Fsp3) is 0.167. The quantitative estimate of drug-likeness (QED) is 0.879. The number of ether oxygens (including phenoxy) is 1. The second kappa shape index (κ2) is 5.48. The van der Waals surface area contributed by atoms with E-state index in [-0.39, 0.29) is 23.1 Å². The molecule has 0 bridgehead atoms. The van der Waals surface area contributed by atoms with E-state index in [0.29, 0.717) is 4.47 Å². The van der Waals surface area contributed by atoms with Crippen molar-refractivity contribution in [2.45, 2.75) is 0 Å². The van der Waals surface area contributed by atoms with Crippen LogP contribution in [0.3, 0.4) is 0 Å². The summed E-state index contributed by atoms with van der Waals surface area (Å²) >= 11 is 3.16. The van der Waals surface area contributed by atoms with Crippen molar-refractivity contribution in [3.8, 4) is 0 Å². The fourth-order valence-electron chi connectivity index (χ4n) is 1.63. The summed E-state index contributed by atoms with van der Waals surface area (Å²) in [5.74, 6) is -1.71. The Bertz CT molecular complexity index is 649. The van der Waals surface area contributed by atoms with Gasteiger partial charge in [0.15, 0.2) is 0 Å². The first-order valence-corrected chi connectivity index (χ1v) is 6.06. The number of nitrogens with zero attached hydrogens (tertiary/aromatic N) is 1. The highest BCUT2D eigenvalue weighted by Crippen LogP contribution is 2.31. The first-order valence-electron chi connectivity index (χ1n) is 5.27. The average molecular weight is 331 g/mol. The molecule has 0 spiro atoms. The minimum absolute atomic E-state index is 0.141. The number of esters is 1. The van der Waals surface area contributed by atoms with E-state index in [1.807, 2.05) is 0 Å². The SMILES string of the molecule is COC(=O)CNc1ncc(Br)c2c(F)cc(F)cc12. The van der Waals surface area contributed by atoms with Crippen molar-refractivity contribution in [3.05, 3.63) is 34.4 Å². The van der Waals surface area contributed by atoms with Crippen LogP contribution in [0.1, 0.15) is 0 Å². The van der Waals surface area contributed by atoms with Gasteiger partial charge < -0.3 is 10.1 Å². The number of aromatic nitrogens is 1. The molecule has 0 saturated carbocycles. The summed E-state index contributed by atoms with van der Waals surface area (Å²) in [5, 5.41) is 3.12. The van der Waals surface area contributed by atoms with Crippen molar-refractivity contribution in [3.63, 3.8) is 0 Å². The van der Waals surface area contributed by atoms with Crippen LogP contribution in [0.5, 0.6) is 0 Å². The number of methoxy groups -OCH3 is 1. The zero-order chi connectivity index (χ0) is 14.0. The standard InChI is InChI=1S/C12H9BrF2N2O2/c1-19-10(18)5-17-12-7-2-6(14)3-9(15)11(7)8(13)4-16-12/h2-4H,5H2,1H3,(H,16,17). The molecule has 0 aliphatic rings. The number of hydrogen-bond donors (Lipinski definition) is 1. The molecule has 0 aliphatic heterocycles. The van der Waals surface area contributed by atoms with Gasteiger partial charge in [-0.25, -0.2) is 13.8 Å². The molecule has 19 heavy (non-hydrogen) atoms. The van der Waals surface area contributed by atoms with Gasteiger partial charge in [0.05, 0.1) is 7.11 Å². The molecule has 2 rings (SSSR count). The minimum Gasteiger partial charge on any atom is -0.468 e. The van der Waals surface area contributed by atoms with Crippen LogP contribution in [0.2, 0.25) is 0 Å². The lowest BCUT2D eigenvalue weighted by molar-refractivity contribution is -0.138. The van der Waals surface area contributed by atoms with Gasteiger partial charge >= 0.3 is 5.97 Å². The highest BCUT2D eigenvalue weighted by Gasteiger charge is 2.13. The Balaban J connectivity index is 2.50. The van der Waals surface area contributed by atoms with Gasteiger partial charge in [-0.15, -0.1) is 0 Å². The molecular weight excluding hydrogens is 322 g/mol. The van der Waals surface area contributed by atoms with Crippen LogP contribution in [-0.4, -0.2) is 24.6 Å². The molecule has 0 fully saturated rings. The third-order valence-electron chi connectivity index (χ3n) is 2.48. The van der Waals surface area contributed by atoms with Crippen molar-refractivity contribution in [2.75, 3.05) is 19.0 Å². The van der Waals surface area contributed by atoms with Crippen molar-refractivity contribution in [1.82, 2.24) is 4.98 Å². The van der Waals surface area contributed by atoms with E-state index in [1.165, 1.54) is 13.3 Å². The van der Waals surface area contributed by atoms with Crippen LogP contribution in [0, 0.1) is 11.6 Å². The van der Waals surface area contributed by atoms with Gasteiger partial charge in [-0.2, -0.15) is 0 Å². The Morgan fingerprint density at radius 1 is 1.47 bits per heavy atom. The molecule has 0 radical (unpaired) electrons. The Morgan fingerprint density at radius 2 is 2.21 bits per heavy atom. The summed E-state index contributed by atoms with van der Waals surface area (Å²) in [6, 6.07) is 1.94. The smallest absolute Gasteiger partial charge is 0.325 e. The molecule has 0 aliphatic carbocycles. The molecule has 0 saturated heterocycles. The van der Waals surface area contributed by atoms with Gasteiger partial charge in [-0.3, -0.25) is 4.79 Å². The molecule has 1 aromatic carbocycles. The third-order valence-corrected chi connectivity index (χ3v) is 3.09. The highest BCUT2D eigenvalue weighted by atomic mass is 79.9. The van der Waals surface area contributed by atoms with Crippen LogP contribution >= 0.6 is 15.9 Å². The van der Waals surface area contributed by atoms with E-state index in [0.717, 1.165) is 12.1 Å². The molecule has 1 N–H and O–H groups in total. The zero-order valence-electron chi connectivity index (χ0n) is 9.84. The van der Waals surface area contributed by atoms with Crippen molar-refractivity contribution in [2.24, 2.45) is 0 Å². The number of fused-ring (bicyclic) bond motifs is 1. The normalized spacial score (nSPS) is 10.5. The number of pyridine rings is 1. The van der Waals surface area contributed by atoms with Crippen LogP contribution < -0.4 is 5.32 Å². The van der Waals surface area contributed by atoms with Crippen molar-refractivity contribution >= 4 is 38.5 Å².